The largest absolute Gasteiger partial charge is 0.268 e. The molecule has 5 aromatic carbocycles. The monoisotopic (exact) mass is 529 g/mol. The van der Waals surface area contributed by atoms with Crippen LogP contribution in [0.2, 0.25) is 0 Å². The fourth-order valence-electron chi connectivity index (χ4n) is 5.34. The van der Waals surface area contributed by atoms with Crippen molar-refractivity contribution in [1.29, 1.82) is 0 Å². The van der Waals surface area contributed by atoms with E-state index in [0.717, 1.165) is 37.3 Å². The lowest BCUT2D eigenvalue weighted by molar-refractivity contribution is -0.121. The highest BCUT2D eigenvalue weighted by atomic mass is 32.2. The molecule has 192 valence electrons. The molecule has 0 saturated carbocycles. The van der Waals surface area contributed by atoms with E-state index in [2.05, 4.69) is 24.3 Å². The van der Waals surface area contributed by atoms with Crippen LogP contribution in [-0.2, 0) is 14.8 Å². The molecule has 1 atom stereocenters. The first-order valence-electron chi connectivity index (χ1n) is 12.9. The van der Waals surface area contributed by atoms with Crippen LogP contribution in [0.25, 0.3) is 21.9 Å². The van der Waals surface area contributed by atoms with Gasteiger partial charge in [-0.2, -0.15) is 0 Å². The van der Waals surface area contributed by atoms with Crippen molar-refractivity contribution in [3.63, 3.8) is 0 Å². The molecule has 0 fully saturated rings. The average molecular weight is 530 g/mol. The molecule has 5 heteroatoms. The molecule has 0 bridgehead atoms. The molecule has 0 N–H and O–H groups in total. The fraction of sp³-hybridized carbons (Fsp3) is 0.0882. The highest BCUT2D eigenvalue weighted by Crippen LogP contribution is 2.45. The van der Waals surface area contributed by atoms with E-state index in [1.54, 1.807) is 24.3 Å². The minimum atomic E-state index is -4.11. The Labute approximate surface area is 228 Å². The van der Waals surface area contributed by atoms with E-state index < -0.39 is 15.9 Å². The van der Waals surface area contributed by atoms with E-state index in [9.17, 15) is 13.2 Å². The van der Waals surface area contributed by atoms with Gasteiger partial charge in [0.1, 0.15) is 0 Å². The summed E-state index contributed by atoms with van der Waals surface area (Å²) >= 11 is 0. The van der Waals surface area contributed by atoms with E-state index in [1.807, 2.05) is 85.8 Å². The molecule has 1 aliphatic rings. The number of sulfonamides is 1. The number of hydrogen-bond donors (Lipinski definition) is 0. The number of hydrogen-bond acceptors (Lipinski definition) is 3. The summed E-state index contributed by atoms with van der Waals surface area (Å²) < 4.78 is 29.1. The molecule has 1 unspecified atom stereocenters. The first kappa shape index (κ1) is 24.8. The summed E-state index contributed by atoms with van der Waals surface area (Å²) in [6.45, 7) is 1.91. The van der Waals surface area contributed by atoms with Crippen molar-refractivity contribution < 1.29 is 13.2 Å². The summed E-state index contributed by atoms with van der Waals surface area (Å²) in [5, 5.41) is 2.17. The van der Waals surface area contributed by atoms with Crippen LogP contribution in [0.5, 0.6) is 0 Å². The zero-order valence-electron chi connectivity index (χ0n) is 21.5. The molecule has 1 amide bonds. The molecule has 0 aromatic heterocycles. The highest BCUT2D eigenvalue weighted by Gasteiger charge is 2.41. The smallest absolute Gasteiger partial charge is 0.268 e. The quantitative estimate of drug-likeness (QED) is 0.245. The van der Waals surface area contributed by atoms with E-state index in [-0.39, 0.29) is 17.4 Å². The van der Waals surface area contributed by atoms with Gasteiger partial charge in [0.2, 0.25) is 0 Å². The standard InChI is InChI=1S/C34H27NO3S/c1-24-16-20-30(21-17-24)39(37,38)35-23-31(29-19-18-25-10-8-9-15-28(25)22-29)32(26-11-4-2-5-12-26)33(34(35)36)27-13-6-3-7-14-27/h2-22,31H,23H2,1H3. The maximum atomic E-state index is 14.3. The fourth-order valence-corrected chi connectivity index (χ4v) is 6.73. The van der Waals surface area contributed by atoms with Crippen molar-refractivity contribution in [3.8, 4) is 0 Å². The first-order valence-corrected chi connectivity index (χ1v) is 14.3. The Morgan fingerprint density at radius 3 is 1.92 bits per heavy atom. The Hall–Kier alpha value is -4.48. The normalized spacial score (nSPS) is 16.1. The van der Waals surface area contributed by atoms with Crippen molar-refractivity contribution in [3.05, 3.63) is 150 Å². The Morgan fingerprint density at radius 2 is 1.26 bits per heavy atom. The number of rotatable bonds is 5. The summed E-state index contributed by atoms with van der Waals surface area (Å²) in [5.41, 5.74) is 4.73. The third-order valence-corrected chi connectivity index (χ3v) is 9.10. The van der Waals surface area contributed by atoms with Gasteiger partial charge in [-0.15, -0.1) is 0 Å². The zero-order chi connectivity index (χ0) is 27.0. The maximum absolute atomic E-state index is 14.3. The lowest BCUT2D eigenvalue weighted by Gasteiger charge is -2.36. The van der Waals surface area contributed by atoms with Crippen LogP contribution in [0.3, 0.4) is 0 Å². The second kappa shape index (κ2) is 10.0. The lowest BCUT2D eigenvalue weighted by atomic mass is 9.79. The van der Waals surface area contributed by atoms with Gasteiger partial charge in [0.15, 0.2) is 0 Å². The Kier molecular flexibility index (Phi) is 6.37. The first-order chi connectivity index (χ1) is 18.9. The Bertz CT molecular complexity index is 1810. The molecule has 6 rings (SSSR count). The molecular formula is C34H27NO3S. The second-order valence-electron chi connectivity index (χ2n) is 9.83. The van der Waals surface area contributed by atoms with Gasteiger partial charge in [0.25, 0.3) is 15.9 Å². The number of nitrogens with zero attached hydrogens (tertiary/aromatic N) is 1. The molecular weight excluding hydrogens is 502 g/mol. The van der Waals surface area contributed by atoms with Gasteiger partial charge in [-0.05, 0) is 52.1 Å². The van der Waals surface area contributed by atoms with Crippen molar-refractivity contribution in [1.82, 2.24) is 4.31 Å². The Morgan fingerprint density at radius 1 is 0.667 bits per heavy atom. The van der Waals surface area contributed by atoms with Crippen molar-refractivity contribution >= 4 is 37.8 Å². The van der Waals surface area contributed by atoms with E-state index in [0.29, 0.717) is 11.1 Å². The van der Waals surface area contributed by atoms with Crippen LogP contribution in [0.1, 0.15) is 28.2 Å². The van der Waals surface area contributed by atoms with E-state index in [4.69, 9.17) is 0 Å². The van der Waals surface area contributed by atoms with Gasteiger partial charge >= 0.3 is 0 Å². The number of fused-ring (bicyclic) bond motifs is 1. The summed E-state index contributed by atoms with van der Waals surface area (Å²) in [6, 6.07) is 40.2. The summed E-state index contributed by atoms with van der Waals surface area (Å²) in [6.07, 6.45) is 0. The van der Waals surface area contributed by atoms with Crippen LogP contribution in [0.15, 0.2) is 132 Å². The SMILES string of the molecule is Cc1ccc(S(=O)(=O)N2CC(c3ccc4ccccc4c3)C(c3ccccc3)=C(c3ccccc3)C2=O)cc1. The number of amides is 1. The molecule has 5 aromatic rings. The number of carbonyl (C=O) groups excluding carboxylic acids is 1. The average Bonchev–Trinajstić information content (AvgIpc) is 2.97. The second-order valence-corrected chi connectivity index (χ2v) is 11.7. The van der Waals surface area contributed by atoms with E-state index >= 15 is 0 Å². The lowest BCUT2D eigenvalue weighted by Crippen LogP contribution is -2.44. The van der Waals surface area contributed by atoms with Crippen molar-refractivity contribution in [2.45, 2.75) is 17.7 Å². The van der Waals surface area contributed by atoms with Crippen LogP contribution in [-0.4, -0.2) is 25.2 Å². The summed E-state index contributed by atoms with van der Waals surface area (Å²) in [4.78, 5) is 14.4. The minimum Gasteiger partial charge on any atom is -0.268 e. The molecule has 0 spiro atoms. The van der Waals surface area contributed by atoms with Gasteiger partial charge in [0.05, 0.1) is 10.5 Å². The third kappa shape index (κ3) is 4.55. The van der Waals surface area contributed by atoms with Gasteiger partial charge in [0, 0.05) is 12.5 Å². The van der Waals surface area contributed by atoms with Crippen LogP contribution in [0, 0.1) is 6.92 Å². The van der Waals surface area contributed by atoms with Crippen LogP contribution >= 0.6 is 0 Å². The summed E-state index contributed by atoms with van der Waals surface area (Å²) in [7, 11) is -4.11. The van der Waals surface area contributed by atoms with Gasteiger partial charge < -0.3 is 0 Å². The van der Waals surface area contributed by atoms with E-state index in [1.165, 1.54) is 0 Å². The summed E-state index contributed by atoms with van der Waals surface area (Å²) in [5.74, 6) is -0.886. The maximum Gasteiger partial charge on any atom is 0.268 e. The Balaban J connectivity index is 1.62. The van der Waals surface area contributed by atoms with Gasteiger partial charge in [-0.1, -0.05) is 121 Å². The molecule has 0 aliphatic carbocycles. The molecule has 0 radical (unpaired) electrons. The predicted octanol–water partition coefficient (Wildman–Crippen LogP) is 7.07. The molecule has 39 heavy (non-hydrogen) atoms. The third-order valence-electron chi connectivity index (χ3n) is 7.34. The van der Waals surface area contributed by atoms with Crippen molar-refractivity contribution in [2.24, 2.45) is 0 Å². The molecule has 0 saturated heterocycles. The molecule has 1 heterocycles. The van der Waals surface area contributed by atoms with Crippen LogP contribution < -0.4 is 0 Å². The molecule has 1 aliphatic heterocycles. The van der Waals surface area contributed by atoms with Crippen molar-refractivity contribution in [2.75, 3.05) is 6.54 Å². The minimum absolute atomic E-state index is 0.00788. The zero-order valence-corrected chi connectivity index (χ0v) is 22.3. The topological polar surface area (TPSA) is 54.5 Å². The number of carbonyl (C=O) groups is 1. The van der Waals surface area contributed by atoms with Gasteiger partial charge in [-0.25, -0.2) is 12.7 Å². The number of benzene rings is 5. The number of aryl methyl sites for hydroxylation is 1. The molecule has 4 nitrogen and oxygen atoms in total. The highest BCUT2D eigenvalue weighted by molar-refractivity contribution is 7.89. The predicted molar refractivity (Wildman–Crippen MR) is 156 cm³/mol. The van der Waals surface area contributed by atoms with Gasteiger partial charge in [-0.3, -0.25) is 4.79 Å². The van der Waals surface area contributed by atoms with Crippen LogP contribution in [0.4, 0.5) is 0 Å².